The summed E-state index contributed by atoms with van der Waals surface area (Å²) in [6, 6.07) is 7.79. The van der Waals surface area contributed by atoms with E-state index in [1.807, 2.05) is 24.3 Å². The predicted molar refractivity (Wildman–Crippen MR) is 60.2 cm³/mol. The Labute approximate surface area is 92.9 Å². The van der Waals surface area contributed by atoms with Crippen molar-refractivity contribution < 1.29 is 14.3 Å². The monoisotopic (exact) mass is 219 g/mol. The molecule has 4 nitrogen and oxygen atoms in total. The van der Waals surface area contributed by atoms with Gasteiger partial charge < -0.3 is 14.8 Å². The fourth-order valence-electron chi connectivity index (χ4n) is 1.59. The predicted octanol–water partition coefficient (Wildman–Crippen LogP) is 2.00. The molecule has 0 unspecified atom stereocenters. The topological polar surface area (TPSA) is 62.5 Å². The third kappa shape index (κ3) is 2.41. The number of nitrogens with one attached hydrogen (secondary N) is 1. The Kier molecular flexibility index (Phi) is 3.22. The summed E-state index contributed by atoms with van der Waals surface area (Å²) in [4.78, 5) is 10.3. The first kappa shape index (κ1) is 10.7. The van der Waals surface area contributed by atoms with E-state index < -0.39 is 5.97 Å². The van der Waals surface area contributed by atoms with Crippen LogP contribution in [0.3, 0.4) is 0 Å². The highest BCUT2D eigenvalue weighted by molar-refractivity contribution is 5.80. The quantitative estimate of drug-likeness (QED) is 0.755. The molecule has 16 heavy (non-hydrogen) atoms. The van der Waals surface area contributed by atoms with E-state index in [9.17, 15) is 4.79 Å². The lowest BCUT2D eigenvalue weighted by Gasteiger charge is -2.00. The van der Waals surface area contributed by atoms with Crippen LogP contribution in [-0.4, -0.2) is 17.6 Å². The number of aliphatic carboxylic acids is 1. The molecular formula is C12H13NO3. The van der Waals surface area contributed by atoms with Crippen LogP contribution in [-0.2, 0) is 11.3 Å². The fraction of sp³-hybridized carbons (Fsp3) is 0.250. The lowest BCUT2D eigenvalue weighted by Crippen LogP contribution is -2.17. The highest BCUT2D eigenvalue weighted by Crippen LogP contribution is 2.20. The summed E-state index contributed by atoms with van der Waals surface area (Å²) in [7, 11) is 0. The fourth-order valence-corrected chi connectivity index (χ4v) is 1.59. The molecule has 0 amide bonds. The number of para-hydroxylation sites is 1. The van der Waals surface area contributed by atoms with Crippen molar-refractivity contribution in [1.29, 1.82) is 0 Å². The standard InChI is InChI=1S/C12H13NO3/c14-12(15)5-6-13-7-9-8-16-11-4-2-1-3-10(9)11/h1-4,8,13H,5-7H2,(H,14,15). The average molecular weight is 219 g/mol. The van der Waals surface area contributed by atoms with E-state index in [-0.39, 0.29) is 6.42 Å². The maximum Gasteiger partial charge on any atom is 0.304 e. The molecule has 2 N–H and O–H groups in total. The van der Waals surface area contributed by atoms with Crippen LogP contribution in [0, 0.1) is 0 Å². The molecule has 0 spiro atoms. The largest absolute Gasteiger partial charge is 0.481 e. The van der Waals surface area contributed by atoms with Gasteiger partial charge in [-0.15, -0.1) is 0 Å². The van der Waals surface area contributed by atoms with Gasteiger partial charge in [-0.3, -0.25) is 4.79 Å². The molecule has 0 atom stereocenters. The van der Waals surface area contributed by atoms with Crippen molar-refractivity contribution in [2.75, 3.05) is 6.54 Å². The summed E-state index contributed by atoms with van der Waals surface area (Å²) in [5.41, 5.74) is 1.92. The van der Waals surface area contributed by atoms with Gasteiger partial charge in [-0.25, -0.2) is 0 Å². The Hall–Kier alpha value is -1.81. The molecule has 2 aromatic rings. The molecule has 1 aromatic carbocycles. The molecule has 0 saturated carbocycles. The third-order valence-electron chi connectivity index (χ3n) is 2.39. The Balaban J connectivity index is 1.97. The normalized spacial score (nSPS) is 10.8. The Morgan fingerprint density at radius 1 is 1.38 bits per heavy atom. The molecule has 1 heterocycles. The van der Waals surface area contributed by atoms with E-state index in [1.165, 1.54) is 0 Å². The number of benzene rings is 1. The summed E-state index contributed by atoms with van der Waals surface area (Å²) in [5, 5.41) is 12.6. The second kappa shape index (κ2) is 4.81. The first-order valence-electron chi connectivity index (χ1n) is 5.15. The zero-order valence-corrected chi connectivity index (χ0v) is 8.77. The molecule has 0 aliphatic heterocycles. The summed E-state index contributed by atoms with van der Waals surface area (Å²) < 4.78 is 5.37. The van der Waals surface area contributed by atoms with Crippen molar-refractivity contribution in [2.45, 2.75) is 13.0 Å². The molecule has 0 aliphatic carbocycles. The number of fused-ring (bicyclic) bond motifs is 1. The summed E-state index contributed by atoms with van der Waals surface area (Å²) in [6.07, 6.45) is 1.84. The zero-order chi connectivity index (χ0) is 11.4. The van der Waals surface area contributed by atoms with Crippen molar-refractivity contribution in [2.24, 2.45) is 0 Å². The summed E-state index contributed by atoms with van der Waals surface area (Å²) in [5.74, 6) is -0.787. The molecule has 0 fully saturated rings. The first-order valence-corrected chi connectivity index (χ1v) is 5.15. The number of carbonyl (C=O) groups is 1. The first-order chi connectivity index (χ1) is 7.77. The van der Waals surface area contributed by atoms with Crippen LogP contribution in [0.2, 0.25) is 0 Å². The summed E-state index contributed by atoms with van der Waals surface area (Å²) in [6.45, 7) is 1.10. The van der Waals surface area contributed by atoms with Gasteiger partial charge in [0.15, 0.2) is 0 Å². The van der Waals surface area contributed by atoms with Crippen molar-refractivity contribution in [1.82, 2.24) is 5.32 Å². The number of hydrogen-bond donors (Lipinski definition) is 2. The van der Waals surface area contributed by atoms with E-state index >= 15 is 0 Å². The number of carboxylic acid groups (broad SMARTS) is 1. The van der Waals surface area contributed by atoms with Crippen LogP contribution >= 0.6 is 0 Å². The van der Waals surface area contributed by atoms with Crippen LogP contribution in [0.1, 0.15) is 12.0 Å². The summed E-state index contributed by atoms with van der Waals surface area (Å²) >= 11 is 0. The maximum atomic E-state index is 10.3. The second-order valence-corrected chi connectivity index (χ2v) is 3.58. The van der Waals surface area contributed by atoms with Crippen LogP contribution in [0.15, 0.2) is 34.9 Å². The van der Waals surface area contributed by atoms with Crippen molar-refractivity contribution in [3.05, 3.63) is 36.1 Å². The lowest BCUT2D eigenvalue weighted by atomic mass is 10.2. The van der Waals surface area contributed by atoms with Gasteiger partial charge in [0, 0.05) is 24.0 Å². The van der Waals surface area contributed by atoms with Gasteiger partial charge in [-0.05, 0) is 6.07 Å². The minimum absolute atomic E-state index is 0.135. The number of hydrogen-bond acceptors (Lipinski definition) is 3. The Bertz CT molecular complexity index is 490. The highest BCUT2D eigenvalue weighted by Gasteiger charge is 2.04. The van der Waals surface area contributed by atoms with Crippen molar-refractivity contribution >= 4 is 16.9 Å². The van der Waals surface area contributed by atoms with Crippen LogP contribution < -0.4 is 5.32 Å². The average Bonchev–Trinajstić information content (AvgIpc) is 2.68. The van der Waals surface area contributed by atoms with E-state index in [0.717, 1.165) is 16.5 Å². The minimum atomic E-state index is -0.787. The molecule has 0 aliphatic rings. The lowest BCUT2D eigenvalue weighted by molar-refractivity contribution is -0.136. The number of furan rings is 1. The minimum Gasteiger partial charge on any atom is -0.481 e. The van der Waals surface area contributed by atoms with E-state index in [1.54, 1.807) is 6.26 Å². The molecule has 2 rings (SSSR count). The van der Waals surface area contributed by atoms with Gasteiger partial charge in [0.05, 0.1) is 12.7 Å². The SMILES string of the molecule is O=C(O)CCNCc1coc2ccccc12. The zero-order valence-electron chi connectivity index (χ0n) is 8.77. The molecule has 0 saturated heterocycles. The highest BCUT2D eigenvalue weighted by atomic mass is 16.4. The molecule has 84 valence electrons. The molecule has 1 aromatic heterocycles. The van der Waals surface area contributed by atoms with Gasteiger partial charge in [-0.2, -0.15) is 0 Å². The van der Waals surface area contributed by atoms with Crippen molar-refractivity contribution in [3.63, 3.8) is 0 Å². The van der Waals surface area contributed by atoms with Gasteiger partial charge in [0.1, 0.15) is 5.58 Å². The van der Waals surface area contributed by atoms with Gasteiger partial charge in [0.2, 0.25) is 0 Å². The Morgan fingerprint density at radius 2 is 2.19 bits per heavy atom. The molecule has 0 bridgehead atoms. The van der Waals surface area contributed by atoms with Crippen LogP contribution in [0.4, 0.5) is 0 Å². The number of carboxylic acids is 1. The maximum absolute atomic E-state index is 10.3. The smallest absolute Gasteiger partial charge is 0.304 e. The Morgan fingerprint density at radius 3 is 3.00 bits per heavy atom. The second-order valence-electron chi connectivity index (χ2n) is 3.58. The van der Waals surface area contributed by atoms with Crippen molar-refractivity contribution in [3.8, 4) is 0 Å². The molecule has 0 radical (unpaired) electrons. The third-order valence-corrected chi connectivity index (χ3v) is 2.39. The molecular weight excluding hydrogens is 206 g/mol. The van der Waals surface area contributed by atoms with E-state index in [0.29, 0.717) is 13.1 Å². The van der Waals surface area contributed by atoms with Gasteiger partial charge in [0.25, 0.3) is 0 Å². The van der Waals surface area contributed by atoms with E-state index in [2.05, 4.69) is 5.32 Å². The van der Waals surface area contributed by atoms with Gasteiger partial charge >= 0.3 is 5.97 Å². The van der Waals surface area contributed by atoms with E-state index in [4.69, 9.17) is 9.52 Å². The molecule has 4 heteroatoms. The number of rotatable bonds is 5. The van der Waals surface area contributed by atoms with Crippen LogP contribution in [0.5, 0.6) is 0 Å². The van der Waals surface area contributed by atoms with Crippen LogP contribution in [0.25, 0.3) is 11.0 Å². The van der Waals surface area contributed by atoms with Gasteiger partial charge in [-0.1, -0.05) is 18.2 Å².